The first-order chi connectivity index (χ1) is 20.8. The summed E-state index contributed by atoms with van der Waals surface area (Å²) in [6.45, 7) is 4.99. The van der Waals surface area contributed by atoms with Gasteiger partial charge in [-0.2, -0.15) is 20.3 Å². The summed E-state index contributed by atoms with van der Waals surface area (Å²) in [4.78, 5) is 31.5. The Bertz CT molecular complexity index is 1770. The lowest BCUT2D eigenvalue weighted by atomic mass is 10.1. The average molecular weight is 588 g/mol. The van der Waals surface area contributed by atoms with Gasteiger partial charge >= 0.3 is 6.01 Å². The number of likely N-dealkylation sites (tertiary alicyclic amines) is 1. The molecule has 2 saturated heterocycles. The maximum Gasteiger partial charge on any atom is 0.319 e. The highest BCUT2D eigenvalue weighted by molar-refractivity contribution is 5.97. The van der Waals surface area contributed by atoms with Crippen molar-refractivity contribution >= 4 is 33.5 Å². The number of pyridine rings is 1. The van der Waals surface area contributed by atoms with Crippen LogP contribution in [0.4, 0.5) is 14.6 Å². The Balaban J connectivity index is 1.44. The third kappa shape index (κ3) is 5.23. The van der Waals surface area contributed by atoms with E-state index in [1.54, 1.807) is 24.0 Å². The second kappa shape index (κ2) is 11.5. The van der Waals surface area contributed by atoms with Gasteiger partial charge in [0.05, 0.1) is 35.6 Å². The number of anilines is 1. The first-order valence-electron chi connectivity index (χ1n) is 14.1. The molecule has 3 aromatic heterocycles. The predicted octanol–water partition coefficient (Wildman–Crippen LogP) is 3.60. The zero-order chi connectivity index (χ0) is 30.2. The van der Waals surface area contributed by atoms with E-state index in [2.05, 4.69) is 37.6 Å². The number of ether oxygens (including phenoxy) is 1. The van der Waals surface area contributed by atoms with Crippen molar-refractivity contribution < 1.29 is 18.3 Å². The summed E-state index contributed by atoms with van der Waals surface area (Å²) in [6.07, 6.45) is 5.25. The Hall–Kier alpha value is -4.70. The van der Waals surface area contributed by atoms with Crippen LogP contribution in [-0.4, -0.2) is 92.4 Å². The van der Waals surface area contributed by atoms with E-state index in [-0.39, 0.29) is 49.3 Å². The number of halogens is 2. The number of para-hydroxylation sites is 1. The minimum atomic E-state index is -1.08. The Labute approximate surface area is 247 Å². The monoisotopic (exact) mass is 587 g/mol. The number of likely N-dealkylation sites (N-methyl/N-ethyl adjacent to an activating group) is 1. The molecule has 1 aromatic carbocycles. The summed E-state index contributed by atoms with van der Waals surface area (Å²) >= 11 is 0. The van der Waals surface area contributed by atoms with E-state index in [0.29, 0.717) is 23.4 Å². The third-order valence-corrected chi connectivity index (χ3v) is 8.34. The number of fused-ring (bicyclic) bond motifs is 2. The van der Waals surface area contributed by atoms with Crippen LogP contribution in [0, 0.1) is 17.1 Å². The van der Waals surface area contributed by atoms with Crippen molar-refractivity contribution in [1.29, 1.82) is 5.26 Å². The summed E-state index contributed by atoms with van der Waals surface area (Å²) in [5, 5.41) is 15.0. The molecule has 2 aliphatic heterocycles. The van der Waals surface area contributed by atoms with Crippen molar-refractivity contribution in [1.82, 2.24) is 34.5 Å². The molecule has 0 radical (unpaired) electrons. The van der Waals surface area contributed by atoms with Gasteiger partial charge in [0.1, 0.15) is 23.6 Å². The fourth-order valence-corrected chi connectivity index (χ4v) is 6.05. The van der Waals surface area contributed by atoms with Gasteiger partial charge < -0.3 is 19.4 Å². The van der Waals surface area contributed by atoms with Crippen molar-refractivity contribution in [3.8, 4) is 23.3 Å². The number of rotatable bonds is 7. The quantitative estimate of drug-likeness (QED) is 0.299. The molecule has 11 nitrogen and oxygen atoms in total. The summed E-state index contributed by atoms with van der Waals surface area (Å²) in [5.74, 6) is -2.20. The third-order valence-electron chi connectivity index (χ3n) is 8.34. The SMILES string of the molecule is C=C(F)C(=O)N1CCN(c2nc(OC[C@@H]3CCCN3C)nc3c(F)c(-c4cccc5cnn(C)c45)ncc23)C[C@@H]1CC#N. The van der Waals surface area contributed by atoms with E-state index >= 15 is 4.39 Å². The highest BCUT2D eigenvalue weighted by Crippen LogP contribution is 2.35. The fourth-order valence-electron chi connectivity index (χ4n) is 6.05. The van der Waals surface area contributed by atoms with Crippen LogP contribution in [0.2, 0.25) is 0 Å². The van der Waals surface area contributed by atoms with Crippen molar-refractivity contribution in [2.45, 2.75) is 31.3 Å². The molecule has 2 aliphatic rings. The molecular formula is C30H31F2N9O2. The first-order valence-corrected chi connectivity index (χ1v) is 14.1. The van der Waals surface area contributed by atoms with Gasteiger partial charge in [-0.15, -0.1) is 0 Å². The van der Waals surface area contributed by atoms with Crippen LogP contribution < -0.4 is 9.64 Å². The van der Waals surface area contributed by atoms with Gasteiger partial charge in [0.25, 0.3) is 5.91 Å². The number of hydrogen-bond donors (Lipinski definition) is 0. The van der Waals surface area contributed by atoms with Crippen LogP contribution in [0.25, 0.3) is 33.1 Å². The number of amides is 1. The number of carbonyl (C=O) groups excluding carboxylic acids is 1. The van der Waals surface area contributed by atoms with E-state index in [9.17, 15) is 14.4 Å². The summed E-state index contributed by atoms with van der Waals surface area (Å²) in [5.41, 5.74) is 1.46. The fraction of sp³-hybridized carbons (Fsp3) is 0.400. The Kier molecular flexibility index (Phi) is 7.62. The summed E-state index contributed by atoms with van der Waals surface area (Å²) < 4.78 is 38.0. The van der Waals surface area contributed by atoms with Crippen molar-refractivity contribution in [2.24, 2.45) is 7.05 Å². The van der Waals surface area contributed by atoms with Crippen LogP contribution in [-0.2, 0) is 11.8 Å². The normalized spacial score (nSPS) is 19.2. The Morgan fingerprint density at radius 1 is 1.19 bits per heavy atom. The van der Waals surface area contributed by atoms with Gasteiger partial charge in [0.15, 0.2) is 11.6 Å². The van der Waals surface area contributed by atoms with Gasteiger partial charge in [0.2, 0.25) is 0 Å². The summed E-state index contributed by atoms with van der Waals surface area (Å²) in [7, 11) is 3.82. The molecule has 0 saturated carbocycles. The molecule has 0 aliphatic carbocycles. The molecule has 13 heteroatoms. The predicted molar refractivity (Wildman–Crippen MR) is 156 cm³/mol. The summed E-state index contributed by atoms with van der Waals surface area (Å²) in [6, 6.07) is 7.17. The minimum Gasteiger partial charge on any atom is -0.462 e. The topological polar surface area (TPSA) is 116 Å². The van der Waals surface area contributed by atoms with E-state index < -0.39 is 23.6 Å². The molecule has 2 fully saturated rings. The highest BCUT2D eigenvalue weighted by Gasteiger charge is 2.34. The van der Waals surface area contributed by atoms with Crippen LogP contribution in [0.15, 0.2) is 43.0 Å². The van der Waals surface area contributed by atoms with Gasteiger partial charge in [-0.1, -0.05) is 24.8 Å². The molecule has 4 aromatic rings. The minimum absolute atomic E-state index is 0.0186. The molecular weight excluding hydrogens is 556 g/mol. The van der Waals surface area contributed by atoms with Gasteiger partial charge in [-0.05, 0) is 26.4 Å². The first kappa shape index (κ1) is 28.4. The largest absolute Gasteiger partial charge is 0.462 e. The molecule has 0 N–H and O–H groups in total. The number of nitrogens with zero attached hydrogens (tertiary/aromatic N) is 9. The lowest BCUT2D eigenvalue weighted by Gasteiger charge is -2.41. The molecule has 2 atom stereocenters. The molecule has 43 heavy (non-hydrogen) atoms. The van der Waals surface area contributed by atoms with Gasteiger partial charge in [0, 0.05) is 49.9 Å². The van der Waals surface area contributed by atoms with Crippen LogP contribution in [0.1, 0.15) is 19.3 Å². The number of carbonyl (C=O) groups is 1. The Morgan fingerprint density at radius 2 is 2.02 bits per heavy atom. The van der Waals surface area contributed by atoms with Crippen molar-refractivity contribution in [3.05, 3.63) is 48.8 Å². The molecule has 0 spiro atoms. The van der Waals surface area contributed by atoms with Gasteiger partial charge in [-0.25, -0.2) is 8.78 Å². The maximum atomic E-state index is 16.5. The van der Waals surface area contributed by atoms with Crippen molar-refractivity contribution in [3.63, 3.8) is 0 Å². The highest BCUT2D eigenvalue weighted by atomic mass is 19.1. The molecule has 222 valence electrons. The number of nitriles is 1. The van der Waals surface area contributed by atoms with Crippen LogP contribution in [0.5, 0.6) is 6.01 Å². The number of benzene rings is 1. The van der Waals surface area contributed by atoms with Crippen LogP contribution >= 0.6 is 0 Å². The lowest BCUT2D eigenvalue weighted by molar-refractivity contribution is -0.131. The van der Waals surface area contributed by atoms with Gasteiger partial charge in [-0.3, -0.25) is 14.5 Å². The van der Waals surface area contributed by atoms with E-state index in [1.807, 2.05) is 24.1 Å². The number of piperazine rings is 1. The number of hydrogen-bond acceptors (Lipinski definition) is 9. The van der Waals surface area contributed by atoms with E-state index in [1.165, 1.54) is 11.1 Å². The maximum absolute atomic E-state index is 16.5. The van der Waals surface area contributed by atoms with E-state index in [4.69, 9.17) is 4.74 Å². The lowest BCUT2D eigenvalue weighted by Crippen LogP contribution is -2.55. The van der Waals surface area contributed by atoms with E-state index in [0.717, 1.165) is 30.3 Å². The molecule has 0 bridgehead atoms. The molecule has 5 heterocycles. The van der Waals surface area contributed by atoms with Crippen molar-refractivity contribution in [2.75, 3.05) is 44.7 Å². The Morgan fingerprint density at radius 3 is 2.77 bits per heavy atom. The zero-order valence-corrected chi connectivity index (χ0v) is 24.0. The van der Waals surface area contributed by atoms with Crippen LogP contribution in [0.3, 0.4) is 0 Å². The standard InChI is InChI=1S/C30H31F2N9O2/c1-18(31)29(42)41-13-12-40(16-20(41)9-10-33)28-23-15-34-25(22-8-4-6-19-14-35-39(3)27(19)22)24(32)26(23)36-30(37-28)43-17-21-7-5-11-38(21)2/h4,6,8,14-15,20-21H,1,5,7,9,11-13,16-17H2,2-3H3/t20-,21-/m0/s1. The second-order valence-corrected chi connectivity index (χ2v) is 11.0. The smallest absolute Gasteiger partial charge is 0.319 e. The average Bonchev–Trinajstić information content (AvgIpc) is 3.60. The number of aromatic nitrogens is 5. The second-order valence-electron chi connectivity index (χ2n) is 11.0. The zero-order valence-electron chi connectivity index (χ0n) is 24.0. The molecule has 0 unspecified atom stereocenters. The number of aryl methyl sites for hydroxylation is 1. The molecule has 1 amide bonds. The molecule has 6 rings (SSSR count).